The van der Waals surface area contributed by atoms with E-state index in [1.807, 2.05) is 52.1 Å². The fraction of sp³-hybridized carbons (Fsp3) is 0.556. The number of ether oxygens (including phenoxy) is 1. The number of rotatable bonds is 3. The maximum Gasteiger partial charge on any atom is 0.220 e. The molecule has 0 saturated carbocycles. The monoisotopic (exact) mass is 343 g/mol. The van der Waals surface area contributed by atoms with Crippen molar-refractivity contribution in [3.05, 3.63) is 35.7 Å². The molecule has 0 bridgehead atoms. The predicted octanol–water partition coefficient (Wildman–Crippen LogP) is 2.23. The molecule has 7 nitrogen and oxygen atoms in total. The first kappa shape index (κ1) is 17.5. The summed E-state index contributed by atoms with van der Waals surface area (Å²) in [4.78, 5) is 14.0. The number of aromatic nitrogens is 4. The molecule has 7 heteroatoms. The summed E-state index contributed by atoms with van der Waals surface area (Å²) in [5.74, 6) is 0.660. The number of benzene rings is 1. The van der Waals surface area contributed by atoms with Crippen LogP contribution in [0.4, 0.5) is 0 Å². The van der Waals surface area contributed by atoms with E-state index in [0.29, 0.717) is 25.3 Å². The maximum absolute atomic E-state index is 12.3. The first-order valence-electron chi connectivity index (χ1n) is 8.50. The van der Waals surface area contributed by atoms with Gasteiger partial charge in [-0.1, -0.05) is 18.2 Å². The summed E-state index contributed by atoms with van der Waals surface area (Å²) < 4.78 is 7.66. The Morgan fingerprint density at radius 1 is 1.32 bits per heavy atom. The number of para-hydroxylation sites is 1. The van der Waals surface area contributed by atoms with Crippen LogP contribution in [-0.4, -0.2) is 50.3 Å². The van der Waals surface area contributed by atoms with Crippen molar-refractivity contribution in [2.24, 2.45) is 0 Å². The van der Waals surface area contributed by atoms with Gasteiger partial charge < -0.3 is 9.64 Å². The van der Waals surface area contributed by atoms with E-state index < -0.39 is 5.54 Å². The minimum atomic E-state index is -0.612. The van der Waals surface area contributed by atoms with Gasteiger partial charge in [0.2, 0.25) is 5.91 Å². The lowest BCUT2D eigenvalue weighted by molar-refractivity contribution is -0.151. The third-order valence-electron chi connectivity index (χ3n) is 5.07. The lowest BCUT2D eigenvalue weighted by Crippen LogP contribution is -2.55. The Morgan fingerprint density at radius 2 is 2.04 bits per heavy atom. The second kappa shape index (κ2) is 6.22. The highest BCUT2D eigenvalue weighted by Gasteiger charge is 2.49. The van der Waals surface area contributed by atoms with Gasteiger partial charge in [0.1, 0.15) is 5.54 Å². The molecule has 1 aliphatic heterocycles. The number of tetrazole rings is 1. The van der Waals surface area contributed by atoms with Crippen LogP contribution in [0.5, 0.6) is 0 Å². The molecule has 1 aromatic heterocycles. The van der Waals surface area contributed by atoms with Gasteiger partial charge in [-0.3, -0.25) is 4.79 Å². The summed E-state index contributed by atoms with van der Waals surface area (Å²) in [5, 5.41) is 12.5. The zero-order valence-electron chi connectivity index (χ0n) is 15.5. The molecule has 1 atom stereocenters. The topological polar surface area (TPSA) is 73.1 Å². The minimum absolute atomic E-state index is 0.0166. The molecule has 1 aliphatic rings. The normalized spacial score (nSPS) is 22.6. The largest absolute Gasteiger partial charge is 0.375 e. The highest BCUT2D eigenvalue weighted by Crippen LogP contribution is 2.43. The molecule has 3 rings (SSSR count). The van der Waals surface area contributed by atoms with Crippen molar-refractivity contribution in [1.29, 1.82) is 0 Å². The fourth-order valence-electron chi connectivity index (χ4n) is 3.71. The van der Waals surface area contributed by atoms with Crippen molar-refractivity contribution in [2.45, 2.75) is 51.7 Å². The van der Waals surface area contributed by atoms with Crippen LogP contribution in [0.2, 0.25) is 0 Å². The molecule has 2 heterocycles. The third-order valence-corrected chi connectivity index (χ3v) is 5.07. The average molecular weight is 343 g/mol. The number of nitrogens with zero attached hydrogens (tertiary/aromatic N) is 5. The van der Waals surface area contributed by atoms with E-state index >= 15 is 0 Å². The SMILES string of the molecule is CC(=O)N(C)C1(c2nnnn2-c2ccccc2C)CCOC(C)(C)C1. The number of hydrogen-bond acceptors (Lipinski definition) is 5. The Hall–Kier alpha value is -2.28. The molecule has 2 aromatic rings. The van der Waals surface area contributed by atoms with Gasteiger partial charge in [0.25, 0.3) is 0 Å². The van der Waals surface area contributed by atoms with E-state index in [1.54, 1.807) is 16.5 Å². The lowest BCUT2D eigenvalue weighted by atomic mass is 9.79. The van der Waals surface area contributed by atoms with Crippen molar-refractivity contribution < 1.29 is 9.53 Å². The first-order valence-corrected chi connectivity index (χ1v) is 8.50. The second-order valence-electron chi connectivity index (χ2n) is 7.35. The van der Waals surface area contributed by atoms with Gasteiger partial charge >= 0.3 is 0 Å². The molecule has 134 valence electrons. The summed E-state index contributed by atoms with van der Waals surface area (Å²) in [6.45, 7) is 8.22. The molecule has 1 aromatic carbocycles. The number of aryl methyl sites for hydroxylation is 1. The van der Waals surface area contributed by atoms with Crippen molar-refractivity contribution in [2.75, 3.05) is 13.7 Å². The Kier molecular flexibility index (Phi) is 4.36. The third kappa shape index (κ3) is 3.04. The number of amides is 1. The molecule has 25 heavy (non-hydrogen) atoms. The molecule has 1 unspecified atom stereocenters. The summed E-state index contributed by atoms with van der Waals surface area (Å²) in [5.41, 5.74) is 1.01. The van der Waals surface area contributed by atoms with Crippen LogP contribution in [0.25, 0.3) is 5.69 Å². The van der Waals surface area contributed by atoms with E-state index in [2.05, 4.69) is 15.5 Å². The van der Waals surface area contributed by atoms with Gasteiger partial charge in [-0.25, -0.2) is 0 Å². The van der Waals surface area contributed by atoms with E-state index in [0.717, 1.165) is 11.3 Å². The summed E-state index contributed by atoms with van der Waals surface area (Å²) in [6, 6.07) is 7.96. The summed E-state index contributed by atoms with van der Waals surface area (Å²) >= 11 is 0. The van der Waals surface area contributed by atoms with E-state index in [9.17, 15) is 4.79 Å². The molecule has 1 amide bonds. The first-order chi connectivity index (χ1) is 11.8. The van der Waals surface area contributed by atoms with Crippen LogP contribution in [0.1, 0.15) is 45.0 Å². The van der Waals surface area contributed by atoms with Gasteiger partial charge in [-0.2, -0.15) is 4.68 Å². The fourth-order valence-corrected chi connectivity index (χ4v) is 3.71. The predicted molar refractivity (Wildman–Crippen MR) is 93.3 cm³/mol. The molecule has 0 spiro atoms. The Labute approximate surface area is 148 Å². The van der Waals surface area contributed by atoms with Crippen LogP contribution in [0.15, 0.2) is 24.3 Å². The zero-order chi connectivity index (χ0) is 18.2. The highest BCUT2D eigenvalue weighted by atomic mass is 16.5. The van der Waals surface area contributed by atoms with Crippen LogP contribution in [0, 0.1) is 6.92 Å². The van der Waals surface area contributed by atoms with Gasteiger partial charge in [-0.05, 0) is 42.8 Å². The van der Waals surface area contributed by atoms with E-state index in [-0.39, 0.29) is 11.5 Å². The Morgan fingerprint density at radius 3 is 2.68 bits per heavy atom. The summed E-state index contributed by atoms with van der Waals surface area (Å²) in [7, 11) is 1.82. The Bertz CT molecular complexity index is 785. The average Bonchev–Trinajstić information content (AvgIpc) is 3.03. The van der Waals surface area contributed by atoms with Crippen LogP contribution >= 0.6 is 0 Å². The molecular weight excluding hydrogens is 318 g/mol. The standard InChI is InChI=1S/C18H25N5O2/c1-13-8-6-7-9-15(13)23-16(19-20-21-23)18(22(5)14(2)24)10-11-25-17(3,4)12-18/h6-9H,10-12H2,1-5H3. The molecule has 1 fully saturated rings. The van der Waals surface area contributed by atoms with Crippen molar-refractivity contribution in [1.82, 2.24) is 25.1 Å². The Balaban J connectivity index is 2.18. The van der Waals surface area contributed by atoms with Gasteiger partial charge in [0.15, 0.2) is 5.82 Å². The summed E-state index contributed by atoms with van der Waals surface area (Å²) in [6.07, 6.45) is 1.28. The lowest BCUT2D eigenvalue weighted by Gasteiger charge is -2.48. The smallest absolute Gasteiger partial charge is 0.220 e. The zero-order valence-corrected chi connectivity index (χ0v) is 15.5. The number of carbonyl (C=O) groups excluding carboxylic acids is 1. The molecule has 1 saturated heterocycles. The highest BCUT2D eigenvalue weighted by molar-refractivity contribution is 5.74. The number of hydrogen-bond donors (Lipinski definition) is 0. The van der Waals surface area contributed by atoms with Crippen molar-refractivity contribution >= 4 is 5.91 Å². The molecule has 0 N–H and O–H groups in total. The van der Waals surface area contributed by atoms with E-state index in [4.69, 9.17) is 4.74 Å². The molecule has 0 radical (unpaired) electrons. The molecular formula is C18H25N5O2. The number of carbonyl (C=O) groups is 1. The van der Waals surface area contributed by atoms with Gasteiger partial charge in [0, 0.05) is 33.4 Å². The quantitative estimate of drug-likeness (QED) is 0.854. The van der Waals surface area contributed by atoms with E-state index in [1.165, 1.54) is 0 Å². The maximum atomic E-state index is 12.3. The molecule has 0 aliphatic carbocycles. The minimum Gasteiger partial charge on any atom is -0.375 e. The van der Waals surface area contributed by atoms with Crippen LogP contribution in [-0.2, 0) is 15.1 Å². The van der Waals surface area contributed by atoms with Crippen LogP contribution < -0.4 is 0 Å². The van der Waals surface area contributed by atoms with Gasteiger partial charge in [-0.15, -0.1) is 5.10 Å². The van der Waals surface area contributed by atoms with Crippen molar-refractivity contribution in [3.63, 3.8) is 0 Å². The van der Waals surface area contributed by atoms with Crippen LogP contribution in [0.3, 0.4) is 0 Å². The second-order valence-corrected chi connectivity index (χ2v) is 7.35. The van der Waals surface area contributed by atoms with Crippen molar-refractivity contribution in [3.8, 4) is 5.69 Å². The van der Waals surface area contributed by atoms with Gasteiger partial charge in [0.05, 0.1) is 11.3 Å².